The number of aromatic hydroxyl groups is 4. The average Bonchev–Trinajstić information content (AvgIpc) is 0.789. The highest BCUT2D eigenvalue weighted by Gasteiger charge is 2.33. The molecular formula is C106H83F9N16O15. The van der Waals surface area contributed by atoms with Gasteiger partial charge in [0.15, 0.2) is 11.6 Å². The van der Waals surface area contributed by atoms with E-state index in [1.165, 1.54) is 80.6 Å². The van der Waals surface area contributed by atoms with Crippen LogP contribution >= 0.6 is 0 Å². The van der Waals surface area contributed by atoms with Crippen LogP contribution in [0.15, 0.2) is 367 Å². The number of nitrogens with zero attached hydrogens (tertiary/aromatic N) is 10. The number of ketones is 2. The molecule has 0 aliphatic carbocycles. The first-order chi connectivity index (χ1) is 69.9. The summed E-state index contributed by atoms with van der Waals surface area (Å²) in [7, 11) is 0. The molecule has 740 valence electrons. The second-order valence-corrected chi connectivity index (χ2v) is 31.7. The number of anilines is 4. The van der Waals surface area contributed by atoms with E-state index < -0.39 is 59.5 Å². The van der Waals surface area contributed by atoms with Gasteiger partial charge in [0.25, 0.3) is 11.8 Å². The van der Waals surface area contributed by atoms with Crippen molar-refractivity contribution in [1.82, 2.24) is 10.6 Å². The van der Waals surface area contributed by atoms with Crippen molar-refractivity contribution in [2.24, 2.45) is 51.2 Å². The second-order valence-electron chi connectivity index (χ2n) is 31.7. The lowest BCUT2D eigenvalue weighted by Crippen LogP contribution is -2.34. The maximum absolute atomic E-state index is 12.9. The number of carbonyl (C=O) groups excluding carboxylic acids is 6. The molecule has 0 aliphatic heterocycles. The van der Waals surface area contributed by atoms with E-state index in [4.69, 9.17) is 19.4 Å². The van der Waals surface area contributed by atoms with Crippen LogP contribution in [0.4, 0.5) is 117 Å². The molecule has 146 heavy (non-hydrogen) atoms. The molecule has 0 fully saturated rings. The molecule has 0 aliphatic rings. The van der Waals surface area contributed by atoms with Gasteiger partial charge in [-0.1, -0.05) is 137 Å². The van der Waals surface area contributed by atoms with Crippen molar-refractivity contribution in [3.05, 3.63) is 377 Å². The van der Waals surface area contributed by atoms with Crippen LogP contribution in [-0.4, -0.2) is 75.0 Å². The van der Waals surface area contributed by atoms with E-state index in [9.17, 15) is 88.7 Å². The van der Waals surface area contributed by atoms with Crippen molar-refractivity contribution < 1.29 is 113 Å². The topological polar surface area (TPSA) is 425 Å². The summed E-state index contributed by atoms with van der Waals surface area (Å²) >= 11 is 0. The largest absolute Gasteiger partial charge is 0.573 e. The predicted molar refractivity (Wildman–Crippen MR) is 531 cm³/mol. The highest BCUT2D eigenvalue weighted by atomic mass is 19.4. The number of ether oxygens (including phenoxy) is 1. The molecule has 16 aromatic rings. The van der Waals surface area contributed by atoms with Crippen LogP contribution in [0.5, 0.6) is 28.7 Å². The van der Waals surface area contributed by atoms with Gasteiger partial charge < -0.3 is 55.1 Å². The van der Waals surface area contributed by atoms with Crippen LogP contribution in [-0.2, 0) is 44.9 Å². The minimum atomic E-state index is -4.80. The lowest BCUT2D eigenvalue weighted by atomic mass is 10.0. The number of rotatable bonds is 27. The number of imide groups is 2. The molecule has 0 spiro atoms. The summed E-state index contributed by atoms with van der Waals surface area (Å²) in [6, 6.07) is 80.2. The molecule has 40 heteroatoms. The highest BCUT2D eigenvalue weighted by Crippen LogP contribution is 2.43. The Bertz CT molecular complexity index is 7690. The van der Waals surface area contributed by atoms with Crippen LogP contribution in [0.1, 0.15) is 94.2 Å². The van der Waals surface area contributed by atoms with E-state index in [-0.39, 0.29) is 87.5 Å². The number of aryl methyl sites for hydroxylation is 3. The zero-order valence-electron chi connectivity index (χ0n) is 77.2. The normalized spacial score (nSPS) is 11.5. The van der Waals surface area contributed by atoms with Crippen molar-refractivity contribution in [2.75, 3.05) is 21.6 Å². The van der Waals surface area contributed by atoms with Gasteiger partial charge in [0.1, 0.15) is 64.7 Å². The first-order valence-corrected chi connectivity index (χ1v) is 43.5. The van der Waals surface area contributed by atoms with Crippen molar-refractivity contribution in [1.29, 1.82) is 0 Å². The summed E-state index contributed by atoms with van der Waals surface area (Å²) in [5.41, 5.74) is 13.4. The molecule has 16 aromatic carbocycles. The average molecular weight is 1990 g/mol. The summed E-state index contributed by atoms with van der Waals surface area (Å²) in [5, 5.41) is 96.5. The lowest BCUT2D eigenvalue weighted by Gasteiger charge is -2.11. The number of Topliss-reactive ketones (excluding diaryl/α,β-unsaturated/α-hetero) is 2. The number of hydrogen-bond donors (Lipinski definition) is 10. The molecular weight excluding hydrogens is 1910 g/mol. The number of nitrogens with one attached hydrogen (secondary N) is 6. The van der Waals surface area contributed by atoms with Crippen LogP contribution in [0, 0.1) is 20.8 Å². The number of urea groups is 2. The summed E-state index contributed by atoms with van der Waals surface area (Å²) in [5.74, 6) is -2.02. The molecule has 0 heterocycles. The lowest BCUT2D eigenvalue weighted by molar-refractivity contribution is -0.274. The second kappa shape index (κ2) is 48.0. The van der Waals surface area contributed by atoms with Gasteiger partial charge in [0.05, 0.1) is 45.3 Å². The Balaban J connectivity index is 0.000000163. The van der Waals surface area contributed by atoms with E-state index in [0.29, 0.717) is 83.1 Å². The maximum Gasteiger partial charge on any atom is 0.573 e. The number of carbonyl (C=O) groups is 6. The smallest absolute Gasteiger partial charge is 0.506 e. The highest BCUT2D eigenvalue weighted by molar-refractivity contribution is 6.12. The number of azo groups is 4. The number of amides is 6. The third kappa shape index (κ3) is 30.1. The van der Waals surface area contributed by atoms with E-state index in [1.54, 1.807) is 146 Å². The molecule has 0 unspecified atom stereocenters. The van der Waals surface area contributed by atoms with Crippen LogP contribution < -0.4 is 37.0 Å². The van der Waals surface area contributed by atoms with E-state index in [1.807, 2.05) is 81.4 Å². The van der Waals surface area contributed by atoms with E-state index in [2.05, 4.69) is 88.2 Å². The summed E-state index contributed by atoms with van der Waals surface area (Å²) < 4.78 is 118. The fourth-order valence-electron chi connectivity index (χ4n) is 13.6. The third-order valence-electron chi connectivity index (χ3n) is 20.8. The van der Waals surface area contributed by atoms with Crippen LogP contribution in [0.3, 0.4) is 0 Å². The first-order valence-electron chi connectivity index (χ1n) is 43.5. The summed E-state index contributed by atoms with van der Waals surface area (Å²) in [6.45, 7) is 8.97. The van der Waals surface area contributed by atoms with Gasteiger partial charge in [0, 0.05) is 61.2 Å². The number of fused-ring (bicyclic) bond motifs is 4. The zero-order valence-corrected chi connectivity index (χ0v) is 77.2. The Morgan fingerprint density at radius 1 is 0.322 bits per heavy atom. The number of hydrogen-bond acceptors (Lipinski definition) is 27. The molecule has 10 N–H and O–H groups in total. The van der Waals surface area contributed by atoms with Gasteiger partial charge in [-0.3, -0.25) is 29.8 Å². The Morgan fingerprint density at radius 2 is 0.644 bits per heavy atom. The Kier molecular flexibility index (Phi) is 34.2. The van der Waals surface area contributed by atoms with Gasteiger partial charge in [-0.2, -0.15) is 46.8 Å². The molecule has 0 atom stereocenters. The molecule has 0 saturated heterocycles. The number of alkyl halides is 9. The predicted octanol–water partition coefficient (Wildman–Crippen LogP) is 29.0. The minimum Gasteiger partial charge on any atom is -0.506 e. The standard InChI is InChI=1S/C27H21F3N4O5.C27H21F3N4O4.C26H19F3N4O3.C26H22N4O3/c1-17(35)19-6-9-21(10-7-19)32-33-26-24-11-5-18(13-20(24)8-12-25(26)36)15-37-31-16-38-34-22-3-2-4-23(14-22)39-27(28,29)30;1-17(35)19-6-9-22(10-7-19)32-33-26-24-11-5-18(13-20(24)8-12-25(26)36)15-37-31-16-38-34-23-4-2-3-21(14-23)27(28,29)30;1-15-5-9-19(10-6-15)32-33-23-21-11-7-17(13-16(21)8-12-22(23)34)24(35)31-25(36)30-20-4-2-3-18(14-20)26(27,28)29;1-16-6-10-20(11-7-16)29-30-24-22-12-8-19(15-18(22)9-13-23(24)31)25(32)28-26(33)27-21-5-3-4-17(2)14-21/h2-14,16,34,36H,15H2,1H3;2-14,16,34,36H,15H2,1H3;2-14,34H,1H3,(H2,30,31,35,36);3-15,31H,1-2H3,(H2,27,28,32,33)/b2*31-16+,33-32?;;. The molecule has 0 radical (unpaired) electrons. The number of benzene rings is 16. The van der Waals surface area contributed by atoms with Gasteiger partial charge in [-0.25, -0.2) is 20.5 Å². The monoisotopic (exact) mass is 1990 g/mol. The maximum atomic E-state index is 12.9. The fourth-order valence-corrected chi connectivity index (χ4v) is 13.6. The Labute approximate surface area is 823 Å². The quantitative estimate of drug-likeness (QED) is 0.00571. The van der Waals surface area contributed by atoms with Gasteiger partial charge >= 0.3 is 30.8 Å². The first kappa shape index (κ1) is 104. The van der Waals surface area contributed by atoms with E-state index in [0.717, 1.165) is 93.9 Å². The Morgan fingerprint density at radius 3 is 1.01 bits per heavy atom. The molecule has 0 saturated carbocycles. The SMILES string of the molecule is CC(=O)c1ccc(N=Nc2c(O)ccc3cc(CO/N=C/ONc4cccc(C(F)(F)F)c4)ccc23)cc1.CC(=O)c1ccc(N=Nc2c(O)ccc3cc(CO/N=C/ONc4cccc(OC(F)(F)F)c4)ccc23)cc1.Cc1ccc(N=Nc2c(O)ccc3cc(C(=O)NC(=O)Nc4cccc(C(F)(F)F)c4)ccc23)cc1.Cc1ccc(N=Nc2c(O)ccc3cc(C(=O)NC(=O)Nc4cccc(C)c4)ccc23)cc1. The number of phenols is 4. The molecule has 6 amide bonds. The van der Waals surface area contributed by atoms with Gasteiger partial charge in [-0.15, -0.1) is 33.6 Å². The fraction of sp³-hybridized carbons (Fsp3) is 0.0943. The summed E-state index contributed by atoms with van der Waals surface area (Å²) in [4.78, 5) is 92.6. The van der Waals surface area contributed by atoms with Crippen LogP contribution in [0.25, 0.3) is 43.1 Å². The summed E-state index contributed by atoms with van der Waals surface area (Å²) in [6.07, 6.45) is -12.0. The van der Waals surface area contributed by atoms with Crippen molar-refractivity contribution in [3.8, 4) is 28.7 Å². The van der Waals surface area contributed by atoms with Gasteiger partial charge in [0.2, 0.25) is 12.8 Å². The van der Waals surface area contributed by atoms with Crippen molar-refractivity contribution >= 4 is 160 Å². The third-order valence-corrected chi connectivity index (χ3v) is 20.8. The number of phenolic OH excluding ortho intramolecular Hbond substituents is 4. The van der Waals surface area contributed by atoms with E-state index >= 15 is 0 Å². The van der Waals surface area contributed by atoms with Crippen molar-refractivity contribution in [2.45, 2.75) is 66.5 Å². The molecule has 0 bridgehead atoms. The number of halogens is 9. The molecule has 0 aromatic heterocycles. The minimum absolute atomic E-state index is 0.0203. The van der Waals surface area contributed by atoms with Gasteiger partial charge in [-0.05, 0) is 267 Å². The number of oxime groups is 2. The Hall–Kier alpha value is -19.3. The molecule has 31 nitrogen and oxygen atoms in total. The zero-order chi connectivity index (χ0) is 104. The van der Waals surface area contributed by atoms with Crippen molar-refractivity contribution in [3.63, 3.8) is 0 Å². The van der Waals surface area contributed by atoms with Crippen LogP contribution in [0.2, 0.25) is 0 Å². The molecule has 16 rings (SSSR count).